The SMILES string of the molecule is C=C(C)C(=O)OCC.C=CC(=C)C. The molecule has 0 amide bonds. The molecule has 0 heterocycles. The molecule has 0 fully saturated rings. The third-order valence-electron chi connectivity index (χ3n) is 0.972. The summed E-state index contributed by atoms with van der Waals surface area (Å²) in [5.41, 5.74) is 1.47. The predicted molar refractivity (Wildman–Crippen MR) is 56.5 cm³/mol. The van der Waals surface area contributed by atoms with Crippen LogP contribution in [-0.4, -0.2) is 12.6 Å². The molecule has 74 valence electrons. The molecule has 0 aromatic heterocycles. The molecule has 0 rings (SSSR count). The molecule has 0 atom stereocenters. The van der Waals surface area contributed by atoms with Crippen LogP contribution in [0.2, 0.25) is 0 Å². The van der Waals surface area contributed by atoms with Gasteiger partial charge in [0.15, 0.2) is 0 Å². The van der Waals surface area contributed by atoms with Crippen molar-refractivity contribution in [2.24, 2.45) is 0 Å². The van der Waals surface area contributed by atoms with Gasteiger partial charge in [-0.05, 0) is 20.8 Å². The van der Waals surface area contributed by atoms with E-state index in [0.29, 0.717) is 12.2 Å². The average Bonchev–Trinajstić information content (AvgIpc) is 2.06. The van der Waals surface area contributed by atoms with Gasteiger partial charge in [0.25, 0.3) is 0 Å². The number of ether oxygens (including phenoxy) is 1. The van der Waals surface area contributed by atoms with E-state index in [1.807, 2.05) is 6.92 Å². The summed E-state index contributed by atoms with van der Waals surface area (Å²) in [4.78, 5) is 10.4. The van der Waals surface area contributed by atoms with E-state index in [2.05, 4.69) is 24.5 Å². The van der Waals surface area contributed by atoms with Gasteiger partial charge in [0.05, 0.1) is 6.61 Å². The van der Waals surface area contributed by atoms with Crippen LogP contribution in [0.15, 0.2) is 37.0 Å². The van der Waals surface area contributed by atoms with Crippen molar-refractivity contribution < 1.29 is 9.53 Å². The maximum Gasteiger partial charge on any atom is 0.333 e. The van der Waals surface area contributed by atoms with E-state index in [4.69, 9.17) is 0 Å². The van der Waals surface area contributed by atoms with E-state index in [-0.39, 0.29) is 5.97 Å². The first-order valence-corrected chi connectivity index (χ1v) is 4.06. The Morgan fingerprint density at radius 1 is 1.38 bits per heavy atom. The van der Waals surface area contributed by atoms with Crippen LogP contribution in [0.3, 0.4) is 0 Å². The second-order valence-corrected chi connectivity index (χ2v) is 2.55. The van der Waals surface area contributed by atoms with Gasteiger partial charge in [-0.15, -0.1) is 0 Å². The minimum atomic E-state index is -0.312. The van der Waals surface area contributed by atoms with Crippen LogP contribution in [0, 0.1) is 0 Å². The van der Waals surface area contributed by atoms with Gasteiger partial charge in [-0.2, -0.15) is 0 Å². The predicted octanol–water partition coefficient (Wildman–Crippen LogP) is 2.87. The molecule has 0 aliphatic rings. The topological polar surface area (TPSA) is 26.3 Å². The number of hydrogen-bond acceptors (Lipinski definition) is 2. The van der Waals surface area contributed by atoms with E-state index in [1.54, 1.807) is 19.9 Å². The lowest BCUT2D eigenvalue weighted by atomic mass is 10.4. The Balaban J connectivity index is 0. The third-order valence-corrected chi connectivity index (χ3v) is 0.972. The zero-order chi connectivity index (χ0) is 10.9. The highest BCUT2D eigenvalue weighted by Gasteiger charge is 1.98. The molecule has 13 heavy (non-hydrogen) atoms. The smallest absolute Gasteiger partial charge is 0.333 e. The summed E-state index contributed by atoms with van der Waals surface area (Å²) in [6.45, 7) is 16.1. The molecule has 0 N–H and O–H groups in total. The second kappa shape index (κ2) is 8.78. The van der Waals surface area contributed by atoms with Gasteiger partial charge in [0.2, 0.25) is 0 Å². The maximum atomic E-state index is 10.4. The van der Waals surface area contributed by atoms with Crippen molar-refractivity contribution in [3.05, 3.63) is 37.0 Å². The van der Waals surface area contributed by atoms with Gasteiger partial charge in [-0.3, -0.25) is 0 Å². The molecule has 0 radical (unpaired) electrons. The first kappa shape index (κ1) is 14.2. The molecule has 0 aliphatic carbocycles. The lowest BCUT2D eigenvalue weighted by Crippen LogP contribution is -2.03. The summed E-state index contributed by atoms with van der Waals surface area (Å²) < 4.78 is 4.56. The van der Waals surface area contributed by atoms with Crippen molar-refractivity contribution >= 4 is 5.97 Å². The lowest BCUT2D eigenvalue weighted by Gasteiger charge is -1.96. The van der Waals surface area contributed by atoms with Crippen molar-refractivity contribution in [3.63, 3.8) is 0 Å². The van der Waals surface area contributed by atoms with Crippen LogP contribution >= 0.6 is 0 Å². The van der Waals surface area contributed by atoms with Crippen molar-refractivity contribution in [1.82, 2.24) is 0 Å². The summed E-state index contributed by atoms with van der Waals surface area (Å²) in [7, 11) is 0. The molecular weight excluding hydrogens is 164 g/mol. The Bertz CT molecular complexity index is 202. The number of allylic oxidation sites excluding steroid dienone is 2. The van der Waals surface area contributed by atoms with Crippen LogP contribution < -0.4 is 0 Å². The zero-order valence-corrected chi connectivity index (χ0v) is 8.72. The molecule has 2 nitrogen and oxygen atoms in total. The minimum Gasteiger partial charge on any atom is -0.463 e. The van der Waals surface area contributed by atoms with Gasteiger partial charge < -0.3 is 4.74 Å². The number of hydrogen-bond donors (Lipinski definition) is 0. The molecule has 0 saturated heterocycles. The first-order chi connectivity index (χ1) is 5.95. The number of rotatable bonds is 3. The Morgan fingerprint density at radius 3 is 1.85 bits per heavy atom. The van der Waals surface area contributed by atoms with E-state index >= 15 is 0 Å². The van der Waals surface area contributed by atoms with Crippen LogP contribution in [0.4, 0.5) is 0 Å². The van der Waals surface area contributed by atoms with Crippen LogP contribution in [0.5, 0.6) is 0 Å². The van der Waals surface area contributed by atoms with Gasteiger partial charge in [0, 0.05) is 5.57 Å². The fourth-order valence-electron chi connectivity index (χ4n) is 0.254. The standard InChI is InChI=1S/C6H10O2.C5H8/c1-4-8-6(7)5(2)3;1-4-5(2)3/h2,4H2,1,3H3;4H,1-2H2,3H3. The average molecular weight is 182 g/mol. The highest BCUT2D eigenvalue weighted by Crippen LogP contribution is 1.89. The van der Waals surface area contributed by atoms with Crippen molar-refractivity contribution in [1.29, 1.82) is 0 Å². The molecule has 0 saturated carbocycles. The van der Waals surface area contributed by atoms with Crippen molar-refractivity contribution in [2.75, 3.05) is 6.61 Å². The molecule has 0 aliphatic heterocycles. The summed E-state index contributed by atoms with van der Waals surface area (Å²) in [6.07, 6.45) is 1.72. The molecule has 2 heteroatoms. The normalized spacial score (nSPS) is 7.62. The summed E-state index contributed by atoms with van der Waals surface area (Å²) >= 11 is 0. The van der Waals surface area contributed by atoms with Crippen molar-refractivity contribution in [3.8, 4) is 0 Å². The molecule has 0 unspecified atom stereocenters. The van der Waals surface area contributed by atoms with Gasteiger partial charge in [-0.1, -0.05) is 31.4 Å². The monoisotopic (exact) mass is 182 g/mol. The van der Waals surface area contributed by atoms with E-state index < -0.39 is 0 Å². The van der Waals surface area contributed by atoms with Crippen LogP contribution in [0.1, 0.15) is 20.8 Å². The third kappa shape index (κ3) is 13.7. The van der Waals surface area contributed by atoms with Gasteiger partial charge in [-0.25, -0.2) is 4.79 Å². The quantitative estimate of drug-likeness (QED) is 0.381. The first-order valence-electron chi connectivity index (χ1n) is 4.06. The van der Waals surface area contributed by atoms with Gasteiger partial charge >= 0.3 is 5.97 Å². The molecule has 0 aromatic carbocycles. The highest BCUT2D eigenvalue weighted by atomic mass is 16.5. The Morgan fingerprint density at radius 2 is 1.77 bits per heavy atom. The number of esters is 1. The van der Waals surface area contributed by atoms with Crippen LogP contribution in [0.25, 0.3) is 0 Å². The molecule has 0 aromatic rings. The van der Waals surface area contributed by atoms with Gasteiger partial charge in [0.1, 0.15) is 0 Å². The zero-order valence-electron chi connectivity index (χ0n) is 8.72. The van der Waals surface area contributed by atoms with E-state index in [1.165, 1.54) is 0 Å². The molecule has 0 bridgehead atoms. The Labute approximate surface area is 80.6 Å². The molecular formula is C11H18O2. The lowest BCUT2D eigenvalue weighted by molar-refractivity contribution is -0.138. The summed E-state index contributed by atoms with van der Waals surface area (Å²) in [5, 5.41) is 0. The van der Waals surface area contributed by atoms with Crippen LogP contribution in [-0.2, 0) is 9.53 Å². The second-order valence-electron chi connectivity index (χ2n) is 2.55. The molecule has 0 spiro atoms. The van der Waals surface area contributed by atoms with E-state index in [0.717, 1.165) is 5.57 Å². The fraction of sp³-hybridized carbons (Fsp3) is 0.364. The summed E-state index contributed by atoms with van der Waals surface area (Å²) in [6, 6.07) is 0. The Kier molecular flexibility index (Phi) is 9.61. The number of carbonyl (C=O) groups is 1. The van der Waals surface area contributed by atoms with E-state index in [9.17, 15) is 4.79 Å². The largest absolute Gasteiger partial charge is 0.463 e. The summed E-state index contributed by atoms with van der Waals surface area (Å²) in [5.74, 6) is -0.312. The minimum absolute atomic E-state index is 0.312. The Hall–Kier alpha value is -1.31. The maximum absolute atomic E-state index is 10.4. The fourth-order valence-corrected chi connectivity index (χ4v) is 0.254. The number of carbonyl (C=O) groups excluding carboxylic acids is 1. The van der Waals surface area contributed by atoms with Crippen molar-refractivity contribution in [2.45, 2.75) is 20.8 Å². The highest BCUT2D eigenvalue weighted by molar-refractivity contribution is 5.86.